The molecule has 2 aromatic rings. The van der Waals surface area contributed by atoms with Crippen LogP contribution >= 0.6 is 11.6 Å². The summed E-state index contributed by atoms with van der Waals surface area (Å²) >= 11 is 5.73. The lowest BCUT2D eigenvalue weighted by molar-refractivity contribution is -0.385. The fourth-order valence-electron chi connectivity index (χ4n) is 1.31. The molecular formula is C10H7ClN4O4. The first-order valence-corrected chi connectivity index (χ1v) is 5.40. The van der Waals surface area contributed by atoms with Crippen molar-refractivity contribution >= 4 is 29.0 Å². The van der Waals surface area contributed by atoms with Gasteiger partial charge in [0, 0.05) is 12.1 Å². The van der Waals surface area contributed by atoms with Gasteiger partial charge in [-0.15, -0.1) is 0 Å². The van der Waals surface area contributed by atoms with Crippen LogP contribution in [0, 0.1) is 17.0 Å². The molecule has 1 amide bonds. The van der Waals surface area contributed by atoms with Crippen LogP contribution < -0.4 is 5.32 Å². The van der Waals surface area contributed by atoms with Crippen LogP contribution in [-0.2, 0) is 0 Å². The number of aryl methyl sites for hydroxylation is 1. The van der Waals surface area contributed by atoms with E-state index >= 15 is 0 Å². The topological polar surface area (TPSA) is 111 Å². The summed E-state index contributed by atoms with van der Waals surface area (Å²) in [5.74, 6) is 0.0399. The first-order valence-electron chi connectivity index (χ1n) is 5.02. The molecule has 0 aliphatic carbocycles. The summed E-state index contributed by atoms with van der Waals surface area (Å²) in [5, 5.41) is 16.4. The number of nitro groups is 1. The van der Waals surface area contributed by atoms with Crippen molar-refractivity contribution in [1.82, 2.24) is 10.1 Å². The van der Waals surface area contributed by atoms with E-state index in [0.29, 0.717) is 5.76 Å². The zero-order valence-electron chi connectivity index (χ0n) is 9.58. The van der Waals surface area contributed by atoms with Crippen molar-refractivity contribution in [2.24, 2.45) is 0 Å². The highest BCUT2D eigenvalue weighted by Crippen LogP contribution is 2.20. The number of pyridine rings is 1. The molecule has 1 N–H and O–H groups in total. The minimum Gasteiger partial charge on any atom is -0.360 e. The number of aromatic nitrogens is 2. The van der Waals surface area contributed by atoms with E-state index in [-0.39, 0.29) is 22.2 Å². The van der Waals surface area contributed by atoms with Gasteiger partial charge in [-0.1, -0.05) is 16.8 Å². The number of nitrogens with one attached hydrogen (secondary N) is 1. The predicted molar refractivity (Wildman–Crippen MR) is 65.1 cm³/mol. The van der Waals surface area contributed by atoms with Crippen molar-refractivity contribution < 1.29 is 14.2 Å². The third kappa shape index (κ3) is 2.86. The summed E-state index contributed by atoms with van der Waals surface area (Å²) in [4.78, 5) is 25.4. The summed E-state index contributed by atoms with van der Waals surface area (Å²) in [7, 11) is 0. The number of hydrogen-bond donors (Lipinski definition) is 1. The molecule has 0 bridgehead atoms. The molecule has 0 atom stereocenters. The Balaban J connectivity index is 2.27. The molecule has 19 heavy (non-hydrogen) atoms. The van der Waals surface area contributed by atoms with Crippen molar-refractivity contribution in [2.45, 2.75) is 6.92 Å². The molecule has 0 saturated carbocycles. The van der Waals surface area contributed by atoms with E-state index in [9.17, 15) is 14.9 Å². The van der Waals surface area contributed by atoms with E-state index in [1.165, 1.54) is 6.07 Å². The zero-order chi connectivity index (χ0) is 14.0. The maximum absolute atomic E-state index is 11.9. The van der Waals surface area contributed by atoms with Crippen LogP contribution in [0.4, 0.5) is 11.5 Å². The summed E-state index contributed by atoms with van der Waals surface area (Å²) < 4.78 is 4.77. The van der Waals surface area contributed by atoms with Crippen LogP contribution in [-0.4, -0.2) is 21.0 Å². The number of anilines is 1. The molecule has 0 saturated heterocycles. The van der Waals surface area contributed by atoms with Gasteiger partial charge in [0.25, 0.3) is 11.6 Å². The Hall–Kier alpha value is -2.48. The van der Waals surface area contributed by atoms with Crippen LogP contribution in [0.5, 0.6) is 0 Å². The fraction of sp³-hybridized carbons (Fsp3) is 0.100. The molecule has 9 heteroatoms. The molecule has 0 radical (unpaired) electrons. The lowest BCUT2D eigenvalue weighted by Crippen LogP contribution is -2.13. The Labute approximate surface area is 111 Å². The van der Waals surface area contributed by atoms with E-state index in [1.54, 1.807) is 6.92 Å². The van der Waals surface area contributed by atoms with Crippen LogP contribution in [0.25, 0.3) is 0 Å². The van der Waals surface area contributed by atoms with E-state index in [4.69, 9.17) is 16.1 Å². The normalized spacial score (nSPS) is 10.2. The van der Waals surface area contributed by atoms with Crippen LogP contribution in [0.2, 0.25) is 5.15 Å². The first kappa shape index (κ1) is 13.0. The van der Waals surface area contributed by atoms with Gasteiger partial charge in [0.2, 0.25) is 0 Å². The van der Waals surface area contributed by atoms with Crippen molar-refractivity contribution in [3.63, 3.8) is 0 Å². The molecule has 0 unspecified atom stereocenters. The molecule has 2 rings (SSSR count). The summed E-state index contributed by atoms with van der Waals surface area (Å²) in [5.41, 5.74) is -0.442. The second-order valence-corrected chi connectivity index (χ2v) is 3.92. The number of carbonyl (C=O) groups is 1. The minimum atomic E-state index is -0.666. The van der Waals surface area contributed by atoms with Gasteiger partial charge in [-0.3, -0.25) is 14.9 Å². The molecule has 2 aromatic heterocycles. The van der Waals surface area contributed by atoms with Gasteiger partial charge >= 0.3 is 0 Å². The SMILES string of the molecule is Cc1cc(NC(=O)c2cc([N+](=O)[O-])cnc2Cl)no1. The third-order valence-corrected chi connectivity index (χ3v) is 2.45. The number of rotatable bonds is 3. The average molecular weight is 283 g/mol. The molecule has 98 valence electrons. The van der Waals surface area contributed by atoms with Gasteiger partial charge in [-0.05, 0) is 6.92 Å². The van der Waals surface area contributed by atoms with E-state index in [0.717, 1.165) is 12.3 Å². The monoisotopic (exact) mass is 282 g/mol. The Morgan fingerprint density at radius 1 is 1.53 bits per heavy atom. The highest BCUT2D eigenvalue weighted by molar-refractivity contribution is 6.33. The Morgan fingerprint density at radius 2 is 2.26 bits per heavy atom. The van der Waals surface area contributed by atoms with Gasteiger partial charge in [-0.25, -0.2) is 4.98 Å². The van der Waals surface area contributed by atoms with E-state index in [1.807, 2.05) is 0 Å². The summed E-state index contributed by atoms with van der Waals surface area (Å²) in [6.45, 7) is 1.66. The maximum atomic E-state index is 11.9. The van der Waals surface area contributed by atoms with Gasteiger partial charge in [0.15, 0.2) is 5.82 Å². The minimum absolute atomic E-state index is 0.114. The molecule has 0 spiro atoms. The van der Waals surface area contributed by atoms with Crippen LogP contribution in [0.15, 0.2) is 22.9 Å². The Kier molecular flexibility index (Phi) is 3.43. The lowest BCUT2D eigenvalue weighted by Gasteiger charge is -2.02. The number of hydrogen-bond acceptors (Lipinski definition) is 6. The summed E-state index contributed by atoms with van der Waals surface area (Å²) in [6, 6.07) is 2.54. The van der Waals surface area contributed by atoms with Crippen molar-refractivity contribution in [3.8, 4) is 0 Å². The van der Waals surface area contributed by atoms with Crippen LogP contribution in [0.3, 0.4) is 0 Å². The molecule has 8 nitrogen and oxygen atoms in total. The quantitative estimate of drug-likeness (QED) is 0.525. The number of amides is 1. The second-order valence-electron chi connectivity index (χ2n) is 3.57. The first-order chi connectivity index (χ1) is 8.97. The fourth-order valence-corrected chi connectivity index (χ4v) is 1.49. The number of nitrogens with zero attached hydrogens (tertiary/aromatic N) is 3. The van der Waals surface area contributed by atoms with Gasteiger partial charge in [-0.2, -0.15) is 0 Å². The largest absolute Gasteiger partial charge is 0.360 e. The lowest BCUT2D eigenvalue weighted by atomic mass is 10.2. The van der Waals surface area contributed by atoms with E-state index in [2.05, 4.69) is 15.5 Å². The maximum Gasteiger partial charge on any atom is 0.288 e. The van der Waals surface area contributed by atoms with Crippen molar-refractivity contribution in [3.05, 3.63) is 44.9 Å². The number of carbonyl (C=O) groups excluding carboxylic acids is 1. The number of halogens is 1. The molecular weight excluding hydrogens is 276 g/mol. The third-order valence-electron chi connectivity index (χ3n) is 2.15. The highest BCUT2D eigenvalue weighted by atomic mass is 35.5. The van der Waals surface area contributed by atoms with Crippen molar-refractivity contribution in [1.29, 1.82) is 0 Å². The molecule has 0 aliphatic heterocycles. The zero-order valence-corrected chi connectivity index (χ0v) is 10.3. The Bertz CT molecular complexity index is 655. The Morgan fingerprint density at radius 3 is 2.84 bits per heavy atom. The van der Waals surface area contributed by atoms with Gasteiger partial charge < -0.3 is 9.84 Å². The van der Waals surface area contributed by atoms with E-state index < -0.39 is 10.8 Å². The molecule has 0 fully saturated rings. The smallest absolute Gasteiger partial charge is 0.288 e. The predicted octanol–water partition coefficient (Wildman–Crippen LogP) is 2.19. The standard InChI is InChI=1S/C10H7ClN4O4/c1-5-2-8(14-19-5)13-10(16)7-3-6(15(17)18)4-12-9(7)11/h2-4H,1H3,(H,13,14,16). The molecule has 2 heterocycles. The molecule has 0 aliphatic rings. The van der Waals surface area contributed by atoms with Gasteiger partial charge in [0.1, 0.15) is 17.1 Å². The van der Waals surface area contributed by atoms with Crippen molar-refractivity contribution in [2.75, 3.05) is 5.32 Å². The van der Waals surface area contributed by atoms with Gasteiger partial charge in [0.05, 0.1) is 10.5 Å². The summed E-state index contributed by atoms with van der Waals surface area (Å²) in [6.07, 6.45) is 0.972. The highest BCUT2D eigenvalue weighted by Gasteiger charge is 2.18. The van der Waals surface area contributed by atoms with Crippen LogP contribution in [0.1, 0.15) is 16.1 Å². The second kappa shape index (κ2) is 5.02. The average Bonchev–Trinajstić information content (AvgIpc) is 2.74. The molecule has 0 aromatic carbocycles.